The number of likely N-dealkylation sites (tertiary alicyclic amines) is 1. The zero-order valence-corrected chi connectivity index (χ0v) is 13.8. The Kier molecular flexibility index (Phi) is 5.96. The van der Waals surface area contributed by atoms with Gasteiger partial charge in [-0.15, -0.1) is 0 Å². The van der Waals surface area contributed by atoms with Crippen LogP contribution in [0.5, 0.6) is 5.75 Å². The zero-order valence-electron chi connectivity index (χ0n) is 13.8. The van der Waals surface area contributed by atoms with Gasteiger partial charge in [-0.2, -0.15) is 0 Å². The van der Waals surface area contributed by atoms with Crippen LogP contribution < -0.4 is 10.1 Å². The molecular weight excluding hydrogens is 299 g/mol. The summed E-state index contributed by atoms with van der Waals surface area (Å²) in [6.45, 7) is 3.66. The Morgan fingerprint density at radius 1 is 1.48 bits per heavy atom. The van der Waals surface area contributed by atoms with E-state index >= 15 is 0 Å². The normalized spacial score (nSPS) is 21.6. The highest BCUT2D eigenvalue weighted by molar-refractivity contribution is 5.86. The topological polar surface area (TPSA) is 61.8 Å². The second-order valence-electron chi connectivity index (χ2n) is 6.00. The van der Waals surface area contributed by atoms with Crippen molar-refractivity contribution >= 4 is 5.91 Å². The molecule has 1 unspecified atom stereocenters. The summed E-state index contributed by atoms with van der Waals surface area (Å²) in [6.07, 6.45) is 2.06. The fourth-order valence-corrected chi connectivity index (χ4v) is 2.86. The molecule has 1 heterocycles. The second kappa shape index (κ2) is 7.75. The van der Waals surface area contributed by atoms with Crippen LogP contribution >= 0.6 is 0 Å². The number of nitrogens with one attached hydrogen (secondary N) is 1. The molecule has 0 aromatic heterocycles. The van der Waals surface area contributed by atoms with Gasteiger partial charge in [-0.05, 0) is 44.0 Å². The van der Waals surface area contributed by atoms with E-state index in [4.69, 9.17) is 4.74 Å². The lowest BCUT2D eigenvalue weighted by Crippen LogP contribution is -2.57. The number of piperidine rings is 1. The Morgan fingerprint density at radius 3 is 2.96 bits per heavy atom. The standard InChI is InChI=1S/C17H25FN2O3/c1-3-8-19-12-17(22)7-4-9-20(16(17)21)11-13-10-14(23-2)5-6-15(13)18/h5-6,10,19,22H,3-4,7-9,11-12H2,1-2H3. The van der Waals surface area contributed by atoms with Gasteiger partial charge in [0, 0.05) is 25.2 Å². The maximum atomic E-state index is 14.0. The van der Waals surface area contributed by atoms with E-state index in [1.807, 2.05) is 6.92 Å². The number of amides is 1. The average Bonchev–Trinajstić information content (AvgIpc) is 2.54. The van der Waals surface area contributed by atoms with Crippen molar-refractivity contribution in [2.24, 2.45) is 0 Å². The van der Waals surface area contributed by atoms with E-state index in [0.717, 1.165) is 13.0 Å². The number of nitrogens with zero attached hydrogens (tertiary/aromatic N) is 1. The summed E-state index contributed by atoms with van der Waals surface area (Å²) in [6, 6.07) is 4.46. The predicted molar refractivity (Wildman–Crippen MR) is 85.7 cm³/mol. The number of carbonyl (C=O) groups excluding carboxylic acids is 1. The molecule has 1 aliphatic heterocycles. The Balaban J connectivity index is 2.09. The first kappa shape index (κ1) is 17.7. The maximum absolute atomic E-state index is 14.0. The molecule has 0 aliphatic carbocycles. The summed E-state index contributed by atoms with van der Waals surface area (Å²) in [5.74, 6) is -0.169. The van der Waals surface area contributed by atoms with E-state index in [1.54, 1.807) is 12.1 Å². The molecule has 23 heavy (non-hydrogen) atoms. The molecule has 2 N–H and O–H groups in total. The molecule has 6 heteroatoms. The van der Waals surface area contributed by atoms with Crippen LogP contribution in [0.15, 0.2) is 18.2 Å². The monoisotopic (exact) mass is 324 g/mol. The lowest BCUT2D eigenvalue weighted by molar-refractivity contribution is -0.157. The quantitative estimate of drug-likeness (QED) is 0.749. The van der Waals surface area contributed by atoms with Gasteiger partial charge in [-0.3, -0.25) is 4.79 Å². The highest BCUT2D eigenvalue weighted by Crippen LogP contribution is 2.25. The van der Waals surface area contributed by atoms with Crippen molar-refractivity contribution in [2.45, 2.75) is 38.3 Å². The third kappa shape index (κ3) is 4.20. The minimum atomic E-state index is -1.40. The number of methoxy groups -OCH3 is 1. The Morgan fingerprint density at radius 2 is 2.26 bits per heavy atom. The fraction of sp³-hybridized carbons (Fsp3) is 0.588. The first-order valence-electron chi connectivity index (χ1n) is 8.05. The Labute approximate surface area is 136 Å². The highest BCUT2D eigenvalue weighted by Gasteiger charge is 2.41. The van der Waals surface area contributed by atoms with Gasteiger partial charge in [0.2, 0.25) is 0 Å². The molecule has 1 amide bonds. The zero-order chi connectivity index (χ0) is 16.9. The summed E-state index contributed by atoms with van der Waals surface area (Å²) in [5.41, 5.74) is -1.01. The van der Waals surface area contributed by atoms with E-state index in [0.29, 0.717) is 30.7 Å². The lowest BCUT2D eigenvalue weighted by Gasteiger charge is -2.38. The van der Waals surface area contributed by atoms with Gasteiger partial charge in [0.1, 0.15) is 11.6 Å². The summed E-state index contributed by atoms with van der Waals surface area (Å²) in [7, 11) is 1.52. The molecular formula is C17H25FN2O3. The van der Waals surface area contributed by atoms with E-state index in [9.17, 15) is 14.3 Å². The third-order valence-corrected chi connectivity index (χ3v) is 4.16. The van der Waals surface area contributed by atoms with Crippen molar-refractivity contribution in [3.63, 3.8) is 0 Å². The van der Waals surface area contributed by atoms with E-state index in [-0.39, 0.29) is 24.8 Å². The summed E-state index contributed by atoms with van der Waals surface area (Å²) >= 11 is 0. The molecule has 0 saturated carbocycles. The van der Waals surface area contributed by atoms with Crippen LogP contribution in [0.1, 0.15) is 31.7 Å². The molecule has 0 bridgehead atoms. The van der Waals surface area contributed by atoms with Gasteiger partial charge < -0.3 is 20.1 Å². The van der Waals surface area contributed by atoms with Crippen molar-refractivity contribution in [1.29, 1.82) is 0 Å². The summed E-state index contributed by atoms with van der Waals surface area (Å²) in [5, 5.41) is 13.7. The van der Waals surface area contributed by atoms with Crippen molar-refractivity contribution in [1.82, 2.24) is 10.2 Å². The number of benzene rings is 1. The number of hydrogen-bond donors (Lipinski definition) is 2. The minimum Gasteiger partial charge on any atom is -0.497 e. The number of hydrogen-bond acceptors (Lipinski definition) is 4. The molecule has 1 aromatic carbocycles. The maximum Gasteiger partial charge on any atom is 0.256 e. The minimum absolute atomic E-state index is 0.137. The van der Waals surface area contributed by atoms with Crippen LogP contribution in [0.25, 0.3) is 0 Å². The number of halogens is 1. The number of ether oxygens (including phenoxy) is 1. The fourth-order valence-electron chi connectivity index (χ4n) is 2.86. The van der Waals surface area contributed by atoms with Crippen LogP contribution in [0.3, 0.4) is 0 Å². The van der Waals surface area contributed by atoms with Crippen LogP contribution in [-0.2, 0) is 11.3 Å². The Hall–Kier alpha value is -1.66. The largest absolute Gasteiger partial charge is 0.497 e. The van der Waals surface area contributed by atoms with Crippen molar-refractivity contribution < 1.29 is 19.0 Å². The van der Waals surface area contributed by atoms with Crippen molar-refractivity contribution in [3.8, 4) is 5.75 Å². The molecule has 2 rings (SSSR count). The van der Waals surface area contributed by atoms with Crippen LogP contribution in [0.2, 0.25) is 0 Å². The van der Waals surface area contributed by atoms with Gasteiger partial charge in [-0.1, -0.05) is 6.92 Å². The first-order valence-corrected chi connectivity index (χ1v) is 8.05. The van der Waals surface area contributed by atoms with Crippen molar-refractivity contribution in [3.05, 3.63) is 29.6 Å². The predicted octanol–water partition coefficient (Wildman–Crippen LogP) is 1.69. The van der Waals surface area contributed by atoms with Crippen LogP contribution in [-0.4, -0.2) is 48.3 Å². The SMILES string of the molecule is CCCNCC1(O)CCCN(Cc2cc(OC)ccc2F)C1=O. The average molecular weight is 324 g/mol. The number of rotatable bonds is 7. The number of aliphatic hydroxyl groups is 1. The Bertz CT molecular complexity index is 553. The van der Waals surface area contributed by atoms with Crippen molar-refractivity contribution in [2.75, 3.05) is 26.7 Å². The van der Waals surface area contributed by atoms with E-state index in [2.05, 4.69) is 5.32 Å². The highest BCUT2D eigenvalue weighted by atomic mass is 19.1. The second-order valence-corrected chi connectivity index (χ2v) is 6.00. The lowest BCUT2D eigenvalue weighted by atomic mass is 9.91. The molecule has 1 aromatic rings. The molecule has 0 spiro atoms. The number of carbonyl (C=O) groups is 1. The van der Waals surface area contributed by atoms with E-state index < -0.39 is 5.60 Å². The van der Waals surface area contributed by atoms with E-state index in [1.165, 1.54) is 18.1 Å². The molecule has 128 valence electrons. The molecule has 1 saturated heterocycles. The molecule has 1 fully saturated rings. The van der Waals surface area contributed by atoms with Gasteiger partial charge in [0.25, 0.3) is 5.91 Å². The molecule has 1 atom stereocenters. The summed E-state index contributed by atoms with van der Waals surface area (Å²) < 4.78 is 19.1. The third-order valence-electron chi connectivity index (χ3n) is 4.16. The van der Waals surface area contributed by atoms with Gasteiger partial charge >= 0.3 is 0 Å². The first-order chi connectivity index (χ1) is 11.0. The molecule has 0 radical (unpaired) electrons. The summed E-state index contributed by atoms with van der Waals surface area (Å²) in [4.78, 5) is 14.1. The van der Waals surface area contributed by atoms with Crippen LogP contribution in [0, 0.1) is 5.82 Å². The van der Waals surface area contributed by atoms with Gasteiger partial charge in [0.15, 0.2) is 5.60 Å². The van der Waals surface area contributed by atoms with Crippen LogP contribution in [0.4, 0.5) is 4.39 Å². The smallest absolute Gasteiger partial charge is 0.256 e. The molecule has 1 aliphatic rings. The molecule has 5 nitrogen and oxygen atoms in total. The van der Waals surface area contributed by atoms with Gasteiger partial charge in [0.05, 0.1) is 7.11 Å². The van der Waals surface area contributed by atoms with Gasteiger partial charge in [-0.25, -0.2) is 4.39 Å².